The van der Waals surface area contributed by atoms with E-state index in [2.05, 4.69) is 18.2 Å². The Morgan fingerprint density at radius 3 is 2.48 bits per heavy atom. The predicted molar refractivity (Wildman–Crippen MR) is 89.8 cm³/mol. The van der Waals surface area contributed by atoms with Crippen LogP contribution in [0.5, 0.6) is 17.2 Å². The van der Waals surface area contributed by atoms with E-state index in [-0.39, 0.29) is 6.10 Å². The molecule has 0 N–H and O–H groups in total. The number of fused-ring (bicyclic) bond motifs is 3. The molecule has 1 fully saturated rings. The standard InChI is InChI=1S/C19H18O4/c1-20-14-7-5-12-3-4-13-6-8-17(21-2)19(18(13)16(12)9-14)23-11-15-10-22-15/h3-9,15H,10-11H2,1-2H3. The van der Waals surface area contributed by atoms with Crippen molar-refractivity contribution in [3.05, 3.63) is 42.5 Å². The van der Waals surface area contributed by atoms with Crippen LogP contribution in [0.3, 0.4) is 0 Å². The third-order valence-corrected chi connectivity index (χ3v) is 4.16. The molecule has 1 atom stereocenters. The average Bonchev–Trinajstić information content (AvgIpc) is 3.42. The van der Waals surface area contributed by atoms with Gasteiger partial charge in [-0.25, -0.2) is 0 Å². The highest BCUT2D eigenvalue weighted by atomic mass is 16.6. The highest BCUT2D eigenvalue weighted by molar-refractivity contribution is 6.11. The van der Waals surface area contributed by atoms with Crippen LogP contribution in [-0.4, -0.2) is 33.5 Å². The van der Waals surface area contributed by atoms with Gasteiger partial charge in [0.05, 0.1) is 20.8 Å². The highest BCUT2D eigenvalue weighted by Gasteiger charge is 2.24. The summed E-state index contributed by atoms with van der Waals surface area (Å²) in [5.41, 5.74) is 0. The molecular weight excluding hydrogens is 292 g/mol. The second kappa shape index (κ2) is 5.63. The molecular formula is C19H18O4. The molecule has 1 unspecified atom stereocenters. The van der Waals surface area contributed by atoms with Gasteiger partial charge in [0.2, 0.25) is 0 Å². The van der Waals surface area contributed by atoms with Crippen LogP contribution >= 0.6 is 0 Å². The van der Waals surface area contributed by atoms with Gasteiger partial charge < -0.3 is 18.9 Å². The van der Waals surface area contributed by atoms with E-state index in [0.29, 0.717) is 6.61 Å². The summed E-state index contributed by atoms with van der Waals surface area (Å²) in [5.74, 6) is 2.32. The fourth-order valence-corrected chi connectivity index (χ4v) is 2.84. The smallest absolute Gasteiger partial charge is 0.169 e. The molecule has 4 heteroatoms. The van der Waals surface area contributed by atoms with Crippen LogP contribution in [0, 0.1) is 0 Å². The first-order valence-electron chi connectivity index (χ1n) is 7.62. The molecule has 4 nitrogen and oxygen atoms in total. The van der Waals surface area contributed by atoms with Gasteiger partial charge in [-0.1, -0.05) is 24.3 Å². The second-order valence-electron chi connectivity index (χ2n) is 5.61. The van der Waals surface area contributed by atoms with Crippen LogP contribution in [0.15, 0.2) is 42.5 Å². The lowest BCUT2D eigenvalue weighted by Gasteiger charge is -2.15. The summed E-state index contributed by atoms with van der Waals surface area (Å²) < 4.78 is 22.2. The van der Waals surface area contributed by atoms with E-state index in [0.717, 1.165) is 45.4 Å². The molecule has 1 aliphatic heterocycles. The van der Waals surface area contributed by atoms with Crippen molar-refractivity contribution in [2.24, 2.45) is 0 Å². The molecule has 23 heavy (non-hydrogen) atoms. The van der Waals surface area contributed by atoms with Gasteiger partial charge in [0.25, 0.3) is 0 Å². The maximum atomic E-state index is 6.06. The molecule has 118 valence electrons. The van der Waals surface area contributed by atoms with Gasteiger partial charge in [-0.15, -0.1) is 0 Å². The number of epoxide rings is 1. The van der Waals surface area contributed by atoms with Crippen LogP contribution in [0.2, 0.25) is 0 Å². The third-order valence-electron chi connectivity index (χ3n) is 4.16. The van der Waals surface area contributed by atoms with E-state index >= 15 is 0 Å². The molecule has 1 aliphatic rings. The minimum Gasteiger partial charge on any atom is -0.497 e. The van der Waals surface area contributed by atoms with Crippen LogP contribution in [0.25, 0.3) is 21.5 Å². The zero-order valence-corrected chi connectivity index (χ0v) is 13.2. The van der Waals surface area contributed by atoms with Crippen LogP contribution in [-0.2, 0) is 4.74 Å². The molecule has 0 saturated carbocycles. The summed E-state index contributed by atoms with van der Waals surface area (Å²) in [5, 5.41) is 4.38. The van der Waals surface area contributed by atoms with Gasteiger partial charge in [-0.2, -0.15) is 0 Å². The minimum absolute atomic E-state index is 0.194. The number of benzene rings is 3. The largest absolute Gasteiger partial charge is 0.497 e. The van der Waals surface area contributed by atoms with Crippen molar-refractivity contribution in [1.29, 1.82) is 0 Å². The first-order chi connectivity index (χ1) is 11.3. The van der Waals surface area contributed by atoms with Gasteiger partial charge in [0.15, 0.2) is 11.5 Å². The molecule has 0 aliphatic carbocycles. The monoisotopic (exact) mass is 310 g/mol. The number of rotatable bonds is 5. The molecule has 0 aromatic heterocycles. The fraction of sp³-hybridized carbons (Fsp3) is 0.263. The summed E-state index contributed by atoms with van der Waals surface area (Å²) in [6, 6.07) is 14.3. The Kier molecular flexibility index (Phi) is 3.46. The molecule has 0 amide bonds. The Bertz CT molecular complexity index is 868. The van der Waals surface area contributed by atoms with Crippen molar-refractivity contribution in [1.82, 2.24) is 0 Å². The summed E-state index contributed by atoms with van der Waals surface area (Å²) in [4.78, 5) is 0. The zero-order chi connectivity index (χ0) is 15.8. The van der Waals surface area contributed by atoms with Crippen LogP contribution in [0.4, 0.5) is 0 Å². The molecule has 3 aromatic carbocycles. The van der Waals surface area contributed by atoms with Gasteiger partial charge in [0, 0.05) is 5.39 Å². The fourth-order valence-electron chi connectivity index (χ4n) is 2.84. The van der Waals surface area contributed by atoms with E-state index in [4.69, 9.17) is 18.9 Å². The SMILES string of the molecule is COc1ccc2ccc3ccc(OC)c(OCC4CO4)c3c2c1. The number of hydrogen-bond donors (Lipinski definition) is 0. The normalized spacial score (nSPS) is 16.5. The molecule has 3 aromatic rings. The average molecular weight is 310 g/mol. The molecule has 1 heterocycles. The third kappa shape index (κ3) is 2.55. The molecule has 0 spiro atoms. The van der Waals surface area contributed by atoms with Crippen molar-refractivity contribution in [2.45, 2.75) is 6.10 Å². The van der Waals surface area contributed by atoms with Gasteiger partial charge >= 0.3 is 0 Å². The summed E-state index contributed by atoms with van der Waals surface area (Å²) in [6.45, 7) is 1.30. The van der Waals surface area contributed by atoms with E-state index in [1.165, 1.54) is 0 Å². The lowest BCUT2D eigenvalue weighted by Crippen LogP contribution is -2.05. The molecule has 0 bridgehead atoms. The predicted octanol–water partition coefficient (Wildman–Crippen LogP) is 3.79. The van der Waals surface area contributed by atoms with Crippen molar-refractivity contribution >= 4 is 21.5 Å². The molecule has 4 rings (SSSR count). The Labute approximate surface area is 134 Å². The number of hydrogen-bond acceptors (Lipinski definition) is 4. The Balaban J connectivity index is 1.98. The van der Waals surface area contributed by atoms with Crippen molar-refractivity contribution in [2.75, 3.05) is 27.4 Å². The van der Waals surface area contributed by atoms with Crippen molar-refractivity contribution in [3.63, 3.8) is 0 Å². The Morgan fingerprint density at radius 1 is 1.00 bits per heavy atom. The van der Waals surface area contributed by atoms with E-state index in [9.17, 15) is 0 Å². The van der Waals surface area contributed by atoms with Gasteiger partial charge in [0.1, 0.15) is 18.5 Å². The second-order valence-corrected chi connectivity index (χ2v) is 5.61. The van der Waals surface area contributed by atoms with E-state index in [1.54, 1.807) is 14.2 Å². The van der Waals surface area contributed by atoms with E-state index in [1.807, 2.05) is 24.3 Å². The first-order valence-corrected chi connectivity index (χ1v) is 7.62. The van der Waals surface area contributed by atoms with Gasteiger partial charge in [-0.3, -0.25) is 0 Å². The zero-order valence-electron chi connectivity index (χ0n) is 13.2. The van der Waals surface area contributed by atoms with Crippen LogP contribution < -0.4 is 14.2 Å². The lowest BCUT2D eigenvalue weighted by molar-refractivity contribution is 0.255. The quantitative estimate of drug-likeness (QED) is 0.531. The topological polar surface area (TPSA) is 40.2 Å². The Morgan fingerprint density at radius 2 is 1.74 bits per heavy atom. The highest BCUT2D eigenvalue weighted by Crippen LogP contribution is 2.41. The molecule has 1 saturated heterocycles. The van der Waals surface area contributed by atoms with Crippen molar-refractivity contribution < 1.29 is 18.9 Å². The molecule has 0 radical (unpaired) electrons. The summed E-state index contributed by atoms with van der Waals surface area (Å²) >= 11 is 0. The van der Waals surface area contributed by atoms with Crippen molar-refractivity contribution in [3.8, 4) is 17.2 Å². The van der Waals surface area contributed by atoms with Gasteiger partial charge in [-0.05, 0) is 34.4 Å². The lowest BCUT2D eigenvalue weighted by atomic mass is 10.0. The number of ether oxygens (including phenoxy) is 4. The maximum Gasteiger partial charge on any atom is 0.169 e. The summed E-state index contributed by atoms with van der Waals surface area (Å²) in [6.07, 6.45) is 0.194. The summed E-state index contributed by atoms with van der Waals surface area (Å²) in [7, 11) is 3.34. The first kappa shape index (κ1) is 14.2. The minimum atomic E-state index is 0.194. The Hall–Kier alpha value is -2.46. The van der Waals surface area contributed by atoms with Crippen LogP contribution in [0.1, 0.15) is 0 Å². The number of methoxy groups -OCH3 is 2. The van der Waals surface area contributed by atoms with E-state index < -0.39 is 0 Å². The maximum absolute atomic E-state index is 6.06.